The molecule has 1 heterocycles. The molecule has 0 saturated carbocycles. The van der Waals surface area contributed by atoms with E-state index >= 15 is 0 Å². The number of rotatable bonds is 5. The second kappa shape index (κ2) is 4.71. The highest BCUT2D eigenvalue weighted by molar-refractivity contribution is 7.90. The van der Waals surface area contributed by atoms with Crippen molar-refractivity contribution in [2.45, 2.75) is 26.4 Å². The number of sulfone groups is 1. The summed E-state index contributed by atoms with van der Waals surface area (Å²) < 4.78 is 27.1. The molecule has 86 valence electrons. The van der Waals surface area contributed by atoms with E-state index in [0.717, 1.165) is 0 Å². The van der Waals surface area contributed by atoms with Crippen LogP contribution in [0.3, 0.4) is 0 Å². The number of aryl methyl sites for hydroxylation is 1. The van der Waals surface area contributed by atoms with Gasteiger partial charge in [-0.1, -0.05) is 0 Å². The molecule has 1 atom stereocenters. The summed E-state index contributed by atoms with van der Waals surface area (Å²) in [5, 5.41) is 10.4. The molecule has 1 aromatic rings. The first kappa shape index (κ1) is 12.1. The lowest BCUT2D eigenvalue weighted by molar-refractivity contribution is 0.433. The molecule has 0 fully saturated rings. The third-order valence-corrected chi connectivity index (χ3v) is 2.83. The average molecular weight is 233 g/mol. The van der Waals surface area contributed by atoms with Crippen LogP contribution in [0, 0.1) is 6.92 Å². The summed E-state index contributed by atoms with van der Waals surface area (Å²) in [6.07, 6.45) is 1.21. The van der Waals surface area contributed by atoms with Crippen molar-refractivity contribution in [1.29, 1.82) is 0 Å². The van der Waals surface area contributed by atoms with E-state index in [0.29, 0.717) is 18.3 Å². The van der Waals surface area contributed by atoms with Gasteiger partial charge in [0.05, 0.1) is 12.3 Å². The monoisotopic (exact) mass is 233 g/mol. The molecule has 1 N–H and O–H groups in total. The minimum Gasteiger partial charge on any atom is -0.424 e. The zero-order valence-corrected chi connectivity index (χ0v) is 9.84. The van der Waals surface area contributed by atoms with E-state index < -0.39 is 9.84 Å². The van der Waals surface area contributed by atoms with Gasteiger partial charge in [-0.2, -0.15) is 0 Å². The van der Waals surface area contributed by atoms with Gasteiger partial charge >= 0.3 is 0 Å². The van der Waals surface area contributed by atoms with Crippen molar-refractivity contribution < 1.29 is 12.8 Å². The molecule has 15 heavy (non-hydrogen) atoms. The summed E-state index contributed by atoms with van der Waals surface area (Å²) in [4.78, 5) is 0. The van der Waals surface area contributed by atoms with Crippen LogP contribution in [-0.4, -0.2) is 36.7 Å². The van der Waals surface area contributed by atoms with E-state index in [-0.39, 0.29) is 11.8 Å². The third-order valence-electron chi connectivity index (χ3n) is 1.72. The fraction of sp³-hybridized carbons (Fsp3) is 0.750. The highest BCUT2D eigenvalue weighted by Crippen LogP contribution is 1.98. The maximum Gasteiger partial charge on any atom is 0.230 e. The SMILES string of the molecule is Cc1nnc(CNC(C)CS(C)(=O)=O)o1. The first-order valence-corrected chi connectivity index (χ1v) is 6.63. The molecule has 1 unspecified atom stereocenters. The summed E-state index contributed by atoms with van der Waals surface area (Å²) in [6, 6.07) is -0.132. The Morgan fingerprint density at radius 3 is 2.60 bits per heavy atom. The van der Waals surface area contributed by atoms with Crippen molar-refractivity contribution in [1.82, 2.24) is 15.5 Å². The fourth-order valence-corrected chi connectivity index (χ4v) is 2.21. The second-order valence-corrected chi connectivity index (χ2v) is 5.77. The van der Waals surface area contributed by atoms with Gasteiger partial charge in [0.2, 0.25) is 11.8 Å². The molecular weight excluding hydrogens is 218 g/mol. The molecule has 0 aliphatic heterocycles. The van der Waals surface area contributed by atoms with Crippen LogP contribution in [0.5, 0.6) is 0 Å². The summed E-state index contributed by atoms with van der Waals surface area (Å²) >= 11 is 0. The molecule has 1 aromatic heterocycles. The van der Waals surface area contributed by atoms with Crippen LogP contribution >= 0.6 is 0 Å². The standard InChI is InChI=1S/C8H15N3O3S/c1-6(5-15(3,12)13)9-4-8-11-10-7(2)14-8/h6,9H,4-5H2,1-3H3. The van der Waals surface area contributed by atoms with Gasteiger partial charge < -0.3 is 9.73 Å². The maximum atomic E-state index is 11.0. The molecule has 0 aliphatic rings. The zero-order chi connectivity index (χ0) is 11.5. The van der Waals surface area contributed by atoms with E-state index in [9.17, 15) is 8.42 Å². The molecule has 0 aromatic carbocycles. The van der Waals surface area contributed by atoms with E-state index in [1.54, 1.807) is 13.8 Å². The summed E-state index contributed by atoms with van der Waals surface area (Å²) in [7, 11) is -2.95. The lowest BCUT2D eigenvalue weighted by Crippen LogP contribution is -2.32. The van der Waals surface area contributed by atoms with E-state index in [2.05, 4.69) is 15.5 Å². The number of nitrogens with one attached hydrogen (secondary N) is 1. The number of nitrogens with zero attached hydrogens (tertiary/aromatic N) is 2. The predicted octanol–water partition coefficient (Wildman–Crippen LogP) is -0.0993. The Hall–Kier alpha value is -0.950. The minimum atomic E-state index is -2.95. The van der Waals surface area contributed by atoms with Crippen molar-refractivity contribution >= 4 is 9.84 Å². The molecule has 0 amide bonds. The van der Waals surface area contributed by atoms with Gasteiger partial charge in [-0.05, 0) is 6.92 Å². The van der Waals surface area contributed by atoms with Crippen LogP contribution < -0.4 is 5.32 Å². The Morgan fingerprint density at radius 1 is 1.47 bits per heavy atom. The number of hydrogen-bond acceptors (Lipinski definition) is 6. The summed E-state index contributed by atoms with van der Waals surface area (Å²) in [6.45, 7) is 3.89. The highest BCUT2D eigenvalue weighted by atomic mass is 32.2. The Labute approximate surface area is 89.0 Å². The Bertz CT molecular complexity index is 413. The van der Waals surface area contributed by atoms with E-state index in [4.69, 9.17) is 4.42 Å². The van der Waals surface area contributed by atoms with Crippen LogP contribution in [0.25, 0.3) is 0 Å². The zero-order valence-electron chi connectivity index (χ0n) is 9.02. The lowest BCUT2D eigenvalue weighted by atomic mass is 10.4. The maximum absolute atomic E-state index is 11.0. The van der Waals surface area contributed by atoms with Gasteiger partial charge in [0.15, 0.2) is 0 Å². The molecule has 0 saturated heterocycles. The topological polar surface area (TPSA) is 85.1 Å². The first-order valence-electron chi connectivity index (χ1n) is 4.57. The Balaban J connectivity index is 2.37. The van der Waals surface area contributed by atoms with Crippen molar-refractivity contribution in [3.8, 4) is 0 Å². The van der Waals surface area contributed by atoms with Crippen LogP contribution in [0.2, 0.25) is 0 Å². The number of aromatic nitrogens is 2. The molecule has 0 aliphatic carbocycles. The van der Waals surface area contributed by atoms with Crippen LogP contribution in [0.15, 0.2) is 4.42 Å². The van der Waals surface area contributed by atoms with Gasteiger partial charge in [0.1, 0.15) is 9.84 Å². The summed E-state index contributed by atoms with van der Waals surface area (Å²) in [5.74, 6) is 1.07. The van der Waals surface area contributed by atoms with Gasteiger partial charge in [0, 0.05) is 19.2 Å². The van der Waals surface area contributed by atoms with E-state index in [1.807, 2.05) is 0 Å². The largest absolute Gasteiger partial charge is 0.424 e. The Morgan fingerprint density at radius 2 is 2.13 bits per heavy atom. The van der Waals surface area contributed by atoms with Crippen molar-refractivity contribution in [2.75, 3.05) is 12.0 Å². The van der Waals surface area contributed by atoms with Crippen LogP contribution in [-0.2, 0) is 16.4 Å². The molecule has 0 spiro atoms. The summed E-state index contributed by atoms with van der Waals surface area (Å²) in [5.41, 5.74) is 0. The van der Waals surface area contributed by atoms with Crippen LogP contribution in [0.1, 0.15) is 18.7 Å². The van der Waals surface area contributed by atoms with Gasteiger partial charge in [-0.3, -0.25) is 0 Å². The smallest absolute Gasteiger partial charge is 0.230 e. The molecule has 1 rings (SSSR count). The van der Waals surface area contributed by atoms with Crippen LogP contribution in [0.4, 0.5) is 0 Å². The minimum absolute atomic E-state index is 0.0973. The van der Waals surface area contributed by atoms with Gasteiger partial charge in [0.25, 0.3) is 0 Å². The quantitative estimate of drug-likeness (QED) is 0.764. The Kier molecular flexibility index (Phi) is 3.81. The lowest BCUT2D eigenvalue weighted by Gasteiger charge is -2.10. The van der Waals surface area contributed by atoms with Crippen molar-refractivity contribution in [2.24, 2.45) is 0 Å². The molecular formula is C8H15N3O3S. The highest BCUT2D eigenvalue weighted by Gasteiger charge is 2.11. The average Bonchev–Trinajstić information content (AvgIpc) is 2.45. The normalized spacial score (nSPS) is 14.1. The fourth-order valence-electron chi connectivity index (χ4n) is 1.18. The first-order chi connectivity index (χ1) is 6.87. The molecule has 6 nitrogen and oxygen atoms in total. The van der Waals surface area contributed by atoms with Crippen molar-refractivity contribution in [3.63, 3.8) is 0 Å². The third kappa shape index (κ3) is 4.89. The molecule has 0 bridgehead atoms. The van der Waals surface area contributed by atoms with E-state index in [1.165, 1.54) is 6.26 Å². The molecule has 0 radical (unpaired) electrons. The molecule has 7 heteroatoms. The second-order valence-electron chi connectivity index (χ2n) is 3.59. The van der Waals surface area contributed by atoms with Crippen molar-refractivity contribution in [3.05, 3.63) is 11.8 Å². The predicted molar refractivity (Wildman–Crippen MR) is 55.0 cm³/mol. The van der Waals surface area contributed by atoms with Gasteiger partial charge in [-0.25, -0.2) is 8.42 Å². The number of hydrogen-bond donors (Lipinski definition) is 1. The van der Waals surface area contributed by atoms with Gasteiger partial charge in [-0.15, -0.1) is 10.2 Å².